The molecule has 0 aliphatic carbocycles. The van der Waals surface area contributed by atoms with E-state index in [0.29, 0.717) is 49.8 Å². The Kier molecular flexibility index (Phi) is 5.19. The molecular formula is C15H20N4O5S. The maximum atomic E-state index is 12.3. The van der Waals surface area contributed by atoms with Gasteiger partial charge in [0.2, 0.25) is 27.6 Å². The first-order chi connectivity index (χ1) is 11.9. The van der Waals surface area contributed by atoms with Gasteiger partial charge in [-0.15, -0.1) is 0 Å². The molecule has 1 fully saturated rings. The average molecular weight is 368 g/mol. The van der Waals surface area contributed by atoms with Crippen molar-refractivity contribution in [3.05, 3.63) is 24.3 Å². The van der Waals surface area contributed by atoms with Gasteiger partial charge in [-0.25, -0.2) is 13.1 Å². The van der Waals surface area contributed by atoms with Crippen LogP contribution >= 0.6 is 0 Å². The van der Waals surface area contributed by atoms with Crippen molar-refractivity contribution in [3.63, 3.8) is 0 Å². The lowest BCUT2D eigenvalue weighted by Gasteiger charge is -2.32. The highest BCUT2D eigenvalue weighted by atomic mass is 32.2. The molecular weight excluding hydrogens is 348 g/mol. The van der Waals surface area contributed by atoms with Crippen LogP contribution in [-0.2, 0) is 21.2 Å². The van der Waals surface area contributed by atoms with E-state index in [4.69, 9.17) is 8.94 Å². The fourth-order valence-corrected chi connectivity index (χ4v) is 3.62. The van der Waals surface area contributed by atoms with Gasteiger partial charge >= 0.3 is 0 Å². The molecule has 1 amide bonds. The summed E-state index contributed by atoms with van der Waals surface area (Å²) in [6, 6.07) is 3.36. The Labute approximate surface area is 145 Å². The number of amides is 1. The van der Waals surface area contributed by atoms with Crippen LogP contribution < -0.4 is 4.72 Å². The topological polar surface area (TPSA) is 119 Å². The van der Waals surface area contributed by atoms with E-state index in [0.717, 1.165) is 6.26 Å². The number of hydrogen-bond donors (Lipinski definition) is 1. The molecule has 0 atom stereocenters. The molecule has 136 valence electrons. The first kappa shape index (κ1) is 17.6. The molecule has 0 unspecified atom stereocenters. The van der Waals surface area contributed by atoms with E-state index in [1.807, 2.05) is 0 Å². The van der Waals surface area contributed by atoms with Gasteiger partial charge in [-0.05, 0) is 25.0 Å². The summed E-state index contributed by atoms with van der Waals surface area (Å²) in [6.07, 6.45) is 4.52. The second kappa shape index (κ2) is 7.36. The van der Waals surface area contributed by atoms with Gasteiger partial charge in [0, 0.05) is 32.0 Å². The fraction of sp³-hybridized carbons (Fsp3) is 0.533. The zero-order chi connectivity index (χ0) is 17.9. The minimum Gasteiger partial charge on any atom is -0.461 e. The summed E-state index contributed by atoms with van der Waals surface area (Å²) in [6.45, 7) is 1.07. The summed E-state index contributed by atoms with van der Waals surface area (Å²) in [7, 11) is -3.21. The molecule has 25 heavy (non-hydrogen) atoms. The van der Waals surface area contributed by atoms with Crippen molar-refractivity contribution in [1.82, 2.24) is 19.8 Å². The number of aryl methyl sites for hydroxylation is 1. The summed E-state index contributed by atoms with van der Waals surface area (Å²) in [5.74, 6) is 1.26. The molecule has 2 aromatic heterocycles. The van der Waals surface area contributed by atoms with Gasteiger partial charge in [-0.3, -0.25) is 4.79 Å². The predicted octanol–water partition coefficient (Wildman–Crippen LogP) is 0.802. The number of hydrogen-bond acceptors (Lipinski definition) is 7. The van der Waals surface area contributed by atoms with Crippen LogP contribution in [0.25, 0.3) is 11.6 Å². The lowest BCUT2D eigenvalue weighted by molar-refractivity contribution is -0.132. The van der Waals surface area contributed by atoms with E-state index in [1.54, 1.807) is 17.0 Å². The molecule has 0 radical (unpaired) electrons. The smallest absolute Gasteiger partial charge is 0.238 e. The van der Waals surface area contributed by atoms with Gasteiger partial charge in [-0.2, -0.15) is 4.98 Å². The predicted molar refractivity (Wildman–Crippen MR) is 87.9 cm³/mol. The Morgan fingerprint density at radius 2 is 2.16 bits per heavy atom. The largest absolute Gasteiger partial charge is 0.461 e. The molecule has 0 spiro atoms. The van der Waals surface area contributed by atoms with Crippen molar-refractivity contribution in [2.75, 3.05) is 19.3 Å². The molecule has 0 saturated carbocycles. The van der Waals surface area contributed by atoms with Crippen LogP contribution in [0.1, 0.15) is 25.2 Å². The Hall–Kier alpha value is -2.20. The standard InChI is InChI=1S/C15H20N4O5S/c1-25(21,22)18-11-6-8-19(9-7-11)14(20)5-4-13-16-15(17-24-13)12-3-2-10-23-12/h2-3,10-11,18H,4-9H2,1H3. The Morgan fingerprint density at radius 3 is 2.80 bits per heavy atom. The first-order valence-electron chi connectivity index (χ1n) is 8.02. The summed E-state index contributed by atoms with van der Waals surface area (Å²) >= 11 is 0. The molecule has 1 aliphatic rings. The minimum absolute atomic E-state index is 0.00412. The minimum atomic E-state index is -3.21. The maximum Gasteiger partial charge on any atom is 0.238 e. The summed E-state index contributed by atoms with van der Waals surface area (Å²) in [5.41, 5.74) is 0. The van der Waals surface area contributed by atoms with Gasteiger partial charge in [0.1, 0.15) is 0 Å². The average Bonchev–Trinajstić information content (AvgIpc) is 3.23. The molecule has 1 N–H and O–H groups in total. The zero-order valence-electron chi connectivity index (χ0n) is 13.8. The van der Waals surface area contributed by atoms with Gasteiger partial charge in [0.25, 0.3) is 0 Å². The maximum absolute atomic E-state index is 12.3. The third-order valence-corrected chi connectivity index (χ3v) is 4.75. The van der Waals surface area contributed by atoms with Gasteiger partial charge in [0.05, 0.1) is 12.5 Å². The Balaban J connectivity index is 1.46. The third-order valence-electron chi connectivity index (χ3n) is 3.99. The van der Waals surface area contributed by atoms with Gasteiger partial charge in [-0.1, -0.05) is 5.16 Å². The van der Waals surface area contributed by atoms with Crippen LogP contribution in [0.15, 0.2) is 27.3 Å². The number of furan rings is 1. The SMILES string of the molecule is CS(=O)(=O)NC1CCN(C(=O)CCc2nc(-c3ccco3)no2)CC1. The number of piperidine rings is 1. The number of likely N-dealkylation sites (tertiary alicyclic amines) is 1. The van der Waals surface area contributed by atoms with E-state index in [2.05, 4.69) is 14.9 Å². The molecule has 9 nitrogen and oxygen atoms in total. The molecule has 3 heterocycles. The van der Waals surface area contributed by atoms with Gasteiger partial charge < -0.3 is 13.8 Å². The Morgan fingerprint density at radius 1 is 1.40 bits per heavy atom. The highest BCUT2D eigenvalue weighted by Crippen LogP contribution is 2.17. The molecule has 1 saturated heterocycles. The van der Waals surface area contributed by atoms with Gasteiger partial charge in [0.15, 0.2) is 5.76 Å². The third kappa shape index (κ3) is 4.89. The highest BCUT2D eigenvalue weighted by molar-refractivity contribution is 7.88. The molecule has 0 bridgehead atoms. The number of nitrogens with zero attached hydrogens (tertiary/aromatic N) is 3. The molecule has 0 aromatic carbocycles. The monoisotopic (exact) mass is 368 g/mol. The van der Waals surface area contributed by atoms with E-state index in [-0.39, 0.29) is 18.4 Å². The molecule has 1 aliphatic heterocycles. The van der Waals surface area contributed by atoms with Crippen molar-refractivity contribution in [3.8, 4) is 11.6 Å². The van der Waals surface area contributed by atoms with E-state index >= 15 is 0 Å². The second-order valence-electron chi connectivity index (χ2n) is 6.03. The second-order valence-corrected chi connectivity index (χ2v) is 7.81. The van der Waals surface area contributed by atoms with E-state index in [1.165, 1.54) is 6.26 Å². The number of carbonyl (C=O) groups excluding carboxylic acids is 1. The summed E-state index contributed by atoms with van der Waals surface area (Å²) in [5, 5.41) is 3.82. The van der Waals surface area contributed by atoms with Crippen molar-refractivity contribution in [2.45, 2.75) is 31.7 Å². The quantitative estimate of drug-likeness (QED) is 0.801. The summed E-state index contributed by atoms with van der Waals surface area (Å²) in [4.78, 5) is 18.2. The van der Waals surface area contributed by atoms with Crippen molar-refractivity contribution >= 4 is 15.9 Å². The van der Waals surface area contributed by atoms with Crippen LogP contribution in [0, 0.1) is 0 Å². The number of nitrogens with one attached hydrogen (secondary N) is 1. The number of rotatable bonds is 6. The summed E-state index contributed by atoms with van der Waals surface area (Å²) < 4.78 is 35.4. The highest BCUT2D eigenvalue weighted by Gasteiger charge is 2.24. The first-order valence-corrected chi connectivity index (χ1v) is 9.91. The number of aromatic nitrogens is 2. The molecule has 10 heteroatoms. The number of carbonyl (C=O) groups is 1. The van der Waals surface area contributed by atoms with Crippen LogP contribution in [0.3, 0.4) is 0 Å². The Bertz CT molecular complexity index is 807. The van der Waals surface area contributed by atoms with Crippen LogP contribution in [0.5, 0.6) is 0 Å². The zero-order valence-corrected chi connectivity index (χ0v) is 14.7. The molecule has 2 aromatic rings. The number of sulfonamides is 1. The van der Waals surface area contributed by atoms with Crippen LogP contribution in [0.4, 0.5) is 0 Å². The lowest BCUT2D eigenvalue weighted by atomic mass is 10.1. The van der Waals surface area contributed by atoms with Crippen molar-refractivity contribution in [1.29, 1.82) is 0 Å². The van der Waals surface area contributed by atoms with Crippen LogP contribution in [0.2, 0.25) is 0 Å². The molecule has 3 rings (SSSR count). The normalized spacial score (nSPS) is 16.3. The van der Waals surface area contributed by atoms with Crippen molar-refractivity contribution < 1.29 is 22.2 Å². The van der Waals surface area contributed by atoms with Crippen molar-refractivity contribution in [2.24, 2.45) is 0 Å². The van der Waals surface area contributed by atoms with E-state index in [9.17, 15) is 13.2 Å². The lowest BCUT2D eigenvalue weighted by Crippen LogP contribution is -2.46. The van der Waals surface area contributed by atoms with E-state index < -0.39 is 10.0 Å². The fourth-order valence-electron chi connectivity index (χ4n) is 2.78. The van der Waals surface area contributed by atoms with Crippen LogP contribution in [-0.4, -0.2) is 54.8 Å².